The number of carboxylic acids is 1. The summed E-state index contributed by atoms with van der Waals surface area (Å²) in [5, 5.41) is 31.0. The molecule has 0 saturated heterocycles. The number of carbonyl (C=O) groups is 2. The van der Waals surface area contributed by atoms with E-state index in [1.165, 1.54) is 0 Å². The van der Waals surface area contributed by atoms with E-state index >= 15 is 0 Å². The Morgan fingerprint density at radius 3 is 1.79 bits per heavy atom. The highest BCUT2D eigenvalue weighted by Crippen LogP contribution is 1.93. The van der Waals surface area contributed by atoms with Crippen molar-refractivity contribution in [2.24, 2.45) is 0 Å². The summed E-state index contributed by atoms with van der Waals surface area (Å²) in [5.74, 6) is -1.13. The Morgan fingerprint density at radius 2 is 1.71 bits per heavy atom. The second-order valence-electron chi connectivity index (χ2n) is 2.06. The third kappa shape index (κ3) is 30.7. The van der Waals surface area contributed by atoms with Gasteiger partial charge in [-0.05, 0) is 13.3 Å². The summed E-state index contributed by atoms with van der Waals surface area (Å²) in [5.41, 5.74) is 0. The minimum Gasteiger partial charge on any atom is -0.483 e. The van der Waals surface area contributed by atoms with Crippen LogP contribution in [-0.2, 0) is 9.59 Å². The molecule has 4 N–H and O–H groups in total. The molecule has 0 aromatic rings. The normalized spacial score (nSPS) is 9.71. The Labute approximate surface area is 82.8 Å². The van der Waals surface area contributed by atoms with Crippen LogP contribution in [0.4, 0.5) is 0 Å². The first-order valence-corrected chi connectivity index (χ1v) is 4.11. The first kappa shape index (κ1) is 18.6. The van der Waals surface area contributed by atoms with Crippen LogP contribution in [0.25, 0.3) is 0 Å². The van der Waals surface area contributed by atoms with Crippen molar-refractivity contribution < 1.29 is 30.0 Å². The predicted molar refractivity (Wildman–Crippen MR) is 50.0 cm³/mol. The number of hydrogen-bond donors (Lipinski definition) is 4. The van der Waals surface area contributed by atoms with Crippen LogP contribution in [0.15, 0.2) is 0 Å². The maximum Gasteiger partial charge on any atom is 0.332 e. The van der Waals surface area contributed by atoms with Crippen LogP contribution >= 0.6 is 0 Å². The molecule has 6 nitrogen and oxygen atoms in total. The van der Waals surface area contributed by atoms with Crippen molar-refractivity contribution in [3.8, 4) is 0 Å². The van der Waals surface area contributed by atoms with Gasteiger partial charge in [-0.15, -0.1) is 0 Å². The number of carboxylic acid groups (broad SMARTS) is 2. The van der Waals surface area contributed by atoms with Crippen LogP contribution in [0.2, 0.25) is 0 Å². The molecule has 0 fully saturated rings. The van der Waals surface area contributed by atoms with Gasteiger partial charge in [-0.1, -0.05) is 13.3 Å². The predicted octanol–water partition coefficient (Wildman–Crippen LogP) is -0.0686. The van der Waals surface area contributed by atoms with E-state index in [0.717, 1.165) is 0 Å². The molecule has 0 rings (SSSR count). The molecule has 86 valence electrons. The molecule has 0 spiro atoms. The number of rotatable bonds is 3. The Bertz CT molecular complexity index is 125. The minimum atomic E-state index is -1.17. The van der Waals surface area contributed by atoms with Crippen LogP contribution in [0.5, 0.6) is 0 Å². The topological polar surface area (TPSA) is 115 Å². The highest BCUT2D eigenvalue weighted by Gasteiger charge is 2.09. The van der Waals surface area contributed by atoms with E-state index in [-0.39, 0.29) is 13.1 Å². The average molecular weight is 210 g/mol. The molecule has 0 bridgehead atoms. The molecule has 0 amide bonds. The molecule has 0 heterocycles. The van der Waals surface area contributed by atoms with Crippen molar-refractivity contribution in [1.82, 2.24) is 0 Å². The average Bonchev–Trinajstić information content (AvgIpc) is 2.07. The quantitative estimate of drug-likeness (QED) is 0.485. The van der Waals surface area contributed by atoms with Crippen LogP contribution in [-0.4, -0.2) is 45.6 Å². The maximum atomic E-state index is 9.84. The Balaban J connectivity index is -0.000000168. The lowest BCUT2D eigenvalue weighted by atomic mass is 10.2. The molecule has 0 aliphatic heterocycles. The standard InChI is InChI=1S/C5H10O3.C2H6O.CH2O2/c1-2-3-4(6)5(7)8;1-2-3;2-1-3/h4,6H,2-3H2,1H3,(H,7,8);3H,2H2,1H3;1H,(H,2,3). The molecular formula is C8H18O6. The van der Waals surface area contributed by atoms with Crippen molar-refractivity contribution in [2.75, 3.05) is 6.61 Å². The van der Waals surface area contributed by atoms with E-state index < -0.39 is 12.1 Å². The van der Waals surface area contributed by atoms with Gasteiger partial charge in [-0.25, -0.2) is 4.79 Å². The lowest BCUT2D eigenvalue weighted by molar-refractivity contribution is -0.146. The first-order valence-electron chi connectivity index (χ1n) is 4.11. The molecular weight excluding hydrogens is 192 g/mol. The lowest BCUT2D eigenvalue weighted by Crippen LogP contribution is -2.18. The van der Waals surface area contributed by atoms with Gasteiger partial charge in [0.15, 0.2) is 6.10 Å². The summed E-state index contributed by atoms with van der Waals surface area (Å²) < 4.78 is 0. The van der Waals surface area contributed by atoms with Gasteiger partial charge in [0.2, 0.25) is 0 Å². The van der Waals surface area contributed by atoms with Crippen molar-refractivity contribution in [2.45, 2.75) is 32.8 Å². The second kappa shape index (κ2) is 17.8. The monoisotopic (exact) mass is 210 g/mol. The van der Waals surface area contributed by atoms with Crippen LogP contribution in [0, 0.1) is 0 Å². The van der Waals surface area contributed by atoms with Gasteiger partial charge in [-0.2, -0.15) is 0 Å². The van der Waals surface area contributed by atoms with E-state index in [1.807, 2.05) is 6.92 Å². The third-order valence-corrected chi connectivity index (χ3v) is 0.847. The zero-order valence-corrected chi connectivity index (χ0v) is 8.38. The van der Waals surface area contributed by atoms with E-state index in [1.54, 1.807) is 6.92 Å². The Kier molecular flexibility index (Phi) is 23.7. The highest BCUT2D eigenvalue weighted by molar-refractivity contribution is 5.71. The zero-order chi connectivity index (χ0) is 12.0. The van der Waals surface area contributed by atoms with Crippen molar-refractivity contribution in [3.63, 3.8) is 0 Å². The third-order valence-electron chi connectivity index (χ3n) is 0.847. The molecule has 0 radical (unpaired) electrons. The van der Waals surface area contributed by atoms with Crippen molar-refractivity contribution in [3.05, 3.63) is 0 Å². The zero-order valence-electron chi connectivity index (χ0n) is 8.38. The van der Waals surface area contributed by atoms with Gasteiger partial charge in [0.05, 0.1) is 0 Å². The maximum absolute atomic E-state index is 9.84. The lowest BCUT2D eigenvalue weighted by Gasteiger charge is -1.99. The van der Waals surface area contributed by atoms with Crippen LogP contribution in [0.3, 0.4) is 0 Å². The number of aliphatic hydroxyl groups excluding tert-OH is 2. The molecule has 1 atom stereocenters. The summed E-state index contributed by atoms with van der Waals surface area (Å²) in [4.78, 5) is 18.2. The van der Waals surface area contributed by atoms with E-state index in [9.17, 15) is 4.79 Å². The van der Waals surface area contributed by atoms with E-state index in [4.69, 9.17) is 25.2 Å². The van der Waals surface area contributed by atoms with Crippen LogP contribution < -0.4 is 0 Å². The van der Waals surface area contributed by atoms with Gasteiger partial charge in [0.25, 0.3) is 6.47 Å². The van der Waals surface area contributed by atoms with Gasteiger partial charge >= 0.3 is 5.97 Å². The summed E-state index contributed by atoms with van der Waals surface area (Å²) in [6.45, 7) is 3.51. The summed E-state index contributed by atoms with van der Waals surface area (Å²) in [6.07, 6.45) is -0.122. The largest absolute Gasteiger partial charge is 0.483 e. The highest BCUT2D eigenvalue weighted by atomic mass is 16.4. The molecule has 14 heavy (non-hydrogen) atoms. The van der Waals surface area contributed by atoms with Gasteiger partial charge in [0, 0.05) is 6.61 Å². The molecule has 1 unspecified atom stereocenters. The summed E-state index contributed by atoms with van der Waals surface area (Å²) in [7, 11) is 0. The second-order valence-corrected chi connectivity index (χ2v) is 2.06. The Hall–Kier alpha value is -1.14. The fraction of sp³-hybridized carbons (Fsp3) is 0.750. The van der Waals surface area contributed by atoms with Gasteiger partial charge in [0.1, 0.15) is 0 Å². The fourth-order valence-corrected chi connectivity index (χ4v) is 0.397. The smallest absolute Gasteiger partial charge is 0.332 e. The fourth-order valence-electron chi connectivity index (χ4n) is 0.397. The van der Waals surface area contributed by atoms with Gasteiger partial charge in [-0.3, -0.25) is 4.79 Å². The Morgan fingerprint density at radius 1 is 1.43 bits per heavy atom. The minimum absolute atomic E-state index is 0.250. The first-order chi connectivity index (χ1) is 6.51. The number of hydrogen-bond acceptors (Lipinski definition) is 4. The van der Waals surface area contributed by atoms with Crippen molar-refractivity contribution >= 4 is 12.4 Å². The SMILES string of the molecule is CCCC(O)C(=O)O.CCO.O=CO. The van der Waals surface area contributed by atoms with Crippen LogP contribution in [0.1, 0.15) is 26.7 Å². The molecule has 0 aliphatic rings. The van der Waals surface area contributed by atoms with E-state index in [0.29, 0.717) is 12.8 Å². The summed E-state index contributed by atoms with van der Waals surface area (Å²) in [6, 6.07) is 0. The van der Waals surface area contributed by atoms with E-state index in [2.05, 4.69) is 0 Å². The van der Waals surface area contributed by atoms with Crippen molar-refractivity contribution in [1.29, 1.82) is 0 Å². The number of aliphatic hydroxyl groups is 2. The molecule has 0 aromatic heterocycles. The number of aliphatic carboxylic acids is 1. The molecule has 0 aromatic carbocycles. The molecule has 6 heteroatoms. The van der Waals surface area contributed by atoms with Gasteiger partial charge < -0.3 is 20.4 Å². The summed E-state index contributed by atoms with van der Waals surface area (Å²) >= 11 is 0. The molecule has 0 saturated carbocycles. The molecule has 0 aliphatic carbocycles.